The van der Waals surface area contributed by atoms with Crippen LogP contribution in [0, 0.1) is 11.8 Å². The van der Waals surface area contributed by atoms with E-state index >= 15 is 0 Å². The van der Waals surface area contributed by atoms with Gasteiger partial charge in [-0.2, -0.15) is 0 Å². The van der Waals surface area contributed by atoms with Gasteiger partial charge in [0.15, 0.2) is 0 Å². The number of esters is 1. The Morgan fingerprint density at radius 1 is 1.32 bits per heavy atom. The van der Waals surface area contributed by atoms with Crippen molar-refractivity contribution in [2.75, 3.05) is 25.0 Å². The molecule has 0 aromatic heterocycles. The van der Waals surface area contributed by atoms with E-state index in [1.807, 2.05) is 13.8 Å². The van der Waals surface area contributed by atoms with Crippen molar-refractivity contribution < 1.29 is 19.1 Å². The summed E-state index contributed by atoms with van der Waals surface area (Å²) >= 11 is 0. The van der Waals surface area contributed by atoms with Crippen molar-refractivity contribution in [2.24, 2.45) is 11.8 Å². The third-order valence-corrected chi connectivity index (χ3v) is 4.23. The standard InChI is InChI=1S/C19H26N2O4/c1-4-25-19(24)15-8-6-10-21(12-15)18(23)14-7-5-9-16(11-14)20-17(22)13(2)3/h5,7,9,11,13,15H,4,6,8,10,12H2,1-3H3,(H,20,22). The summed E-state index contributed by atoms with van der Waals surface area (Å²) in [6.45, 7) is 6.75. The molecule has 0 aliphatic carbocycles. The van der Waals surface area contributed by atoms with E-state index in [9.17, 15) is 14.4 Å². The molecule has 2 rings (SSSR count). The first kappa shape index (κ1) is 19.0. The Morgan fingerprint density at radius 3 is 2.76 bits per heavy atom. The van der Waals surface area contributed by atoms with Crippen molar-refractivity contribution in [3.63, 3.8) is 0 Å². The third kappa shape index (κ3) is 5.05. The Labute approximate surface area is 148 Å². The highest BCUT2D eigenvalue weighted by Gasteiger charge is 2.29. The largest absolute Gasteiger partial charge is 0.466 e. The molecule has 1 aliphatic heterocycles. The molecule has 0 radical (unpaired) electrons. The number of ether oxygens (including phenoxy) is 1. The lowest BCUT2D eigenvalue weighted by atomic mass is 9.97. The minimum Gasteiger partial charge on any atom is -0.466 e. The summed E-state index contributed by atoms with van der Waals surface area (Å²) < 4.78 is 5.08. The lowest BCUT2D eigenvalue weighted by Gasteiger charge is -2.31. The summed E-state index contributed by atoms with van der Waals surface area (Å²) in [5, 5.41) is 2.80. The normalized spacial score (nSPS) is 17.3. The van der Waals surface area contributed by atoms with E-state index in [4.69, 9.17) is 4.74 Å². The van der Waals surface area contributed by atoms with Gasteiger partial charge in [0.1, 0.15) is 0 Å². The van der Waals surface area contributed by atoms with Gasteiger partial charge in [0.05, 0.1) is 12.5 Å². The molecule has 1 N–H and O–H groups in total. The molecule has 1 atom stereocenters. The summed E-state index contributed by atoms with van der Waals surface area (Å²) in [5.41, 5.74) is 1.11. The predicted molar refractivity (Wildman–Crippen MR) is 95.2 cm³/mol. The van der Waals surface area contributed by atoms with Gasteiger partial charge in [-0.25, -0.2) is 0 Å². The molecule has 1 fully saturated rings. The van der Waals surface area contributed by atoms with Crippen molar-refractivity contribution in [2.45, 2.75) is 33.6 Å². The molecular formula is C19H26N2O4. The molecule has 6 heteroatoms. The topological polar surface area (TPSA) is 75.7 Å². The second-order valence-electron chi connectivity index (χ2n) is 6.57. The molecule has 1 heterocycles. The van der Waals surface area contributed by atoms with Crippen LogP contribution in [0.2, 0.25) is 0 Å². The molecule has 0 saturated carbocycles. The summed E-state index contributed by atoms with van der Waals surface area (Å²) in [6.07, 6.45) is 1.52. The summed E-state index contributed by atoms with van der Waals surface area (Å²) in [6, 6.07) is 6.91. The number of nitrogens with zero attached hydrogens (tertiary/aromatic N) is 1. The second-order valence-corrected chi connectivity index (χ2v) is 6.57. The van der Waals surface area contributed by atoms with Gasteiger partial charge in [0, 0.05) is 30.3 Å². The number of likely N-dealkylation sites (tertiary alicyclic amines) is 1. The first-order chi connectivity index (χ1) is 11.9. The van der Waals surface area contributed by atoms with Crippen molar-refractivity contribution >= 4 is 23.5 Å². The molecule has 1 unspecified atom stereocenters. The lowest BCUT2D eigenvalue weighted by Crippen LogP contribution is -2.42. The predicted octanol–water partition coefficient (Wildman–Crippen LogP) is 2.70. The maximum atomic E-state index is 12.8. The molecule has 2 amide bonds. The lowest BCUT2D eigenvalue weighted by molar-refractivity contribution is -0.149. The molecule has 1 saturated heterocycles. The first-order valence-electron chi connectivity index (χ1n) is 8.79. The number of amides is 2. The zero-order chi connectivity index (χ0) is 18.4. The van der Waals surface area contributed by atoms with Gasteiger partial charge in [-0.05, 0) is 38.0 Å². The Kier molecular flexibility index (Phi) is 6.56. The average molecular weight is 346 g/mol. The molecule has 25 heavy (non-hydrogen) atoms. The number of nitrogens with one attached hydrogen (secondary N) is 1. The molecule has 1 aromatic rings. The van der Waals surface area contributed by atoms with Gasteiger partial charge in [-0.3, -0.25) is 14.4 Å². The molecule has 0 bridgehead atoms. The van der Waals surface area contributed by atoms with Crippen LogP contribution in [0.3, 0.4) is 0 Å². The Balaban J connectivity index is 2.06. The van der Waals surface area contributed by atoms with Crippen LogP contribution in [0.5, 0.6) is 0 Å². The highest BCUT2D eigenvalue weighted by Crippen LogP contribution is 2.21. The van der Waals surface area contributed by atoms with Crippen LogP contribution in [0.4, 0.5) is 5.69 Å². The number of piperidine rings is 1. The van der Waals surface area contributed by atoms with Crippen LogP contribution in [0.15, 0.2) is 24.3 Å². The molecule has 6 nitrogen and oxygen atoms in total. The summed E-state index contributed by atoms with van der Waals surface area (Å²) in [4.78, 5) is 38.2. The minimum atomic E-state index is -0.263. The van der Waals surface area contributed by atoms with E-state index in [0.717, 1.165) is 12.8 Å². The zero-order valence-corrected chi connectivity index (χ0v) is 15.1. The smallest absolute Gasteiger partial charge is 0.310 e. The Morgan fingerprint density at radius 2 is 2.08 bits per heavy atom. The van der Waals surface area contributed by atoms with Gasteiger partial charge in [0.2, 0.25) is 5.91 Å². The van der Waals surface area contributed by atoms with Crippen molar-refractivity contribution in [1.82, 2.24) is 4.90 Å². The fourth-order valence-electron chi connectivity index (χ4n) is 2.81. The van der Waals surface area contributed by atoms with Gasteiger partial charge in [-0.1, -0.05) is 19.9 Å². The monoisotopic (exact) mass is 346 g/mol. The van der Waals surface area contributed by atoms with Crippen molar-refractivity contribution in [3.8, 4) is 0 Å². The minimum absolute atomic E-state index is 0.0926. The number of anilines is 1. The number of carbonyl (C=O) groups excluding carboxylic acids is 3. The number of hydrogen-bond donors (Lipinski definition) is 1. The fourth-order valence-corrected chi connectivity index (χ4v) is 2.81. The maximum Gasteiger partial charge on any atom is 0.310 e. The van der Waals surface area contributed by atoms with E-state index in [0.29, 0.717) is 30.9 Å². The number of rotatable bonds is 5. The van der Waals surface area contributed by atoms with Crippen LogP contribution >= 0.6 is 0 Å². The number of benzene rings is 1. The SMILES string of the molecule is CCOC(=O)C1CCCN(C(=O)c2cccc(NC(=O)C(C)C)c2)C1. The molecule has 0 spiro atoms. The highest BCUT2D eigenvalue weighted by molar-refractivity contribution is 5.97. The van der Waals surface area contributed by atoms with Gasteiger partial charge in [0.25, 0.3) is 5.91 Å². The quantitative estimate of drug-likeness (QED) is 0.832. The highest BCUT2D eigenvalue weighted by atomic mass is 16.5. The van der Waals surface area contributed by atoms with Crippen LogP contribution < -0.4 is 5.32 Å². The van der Waals surface area contributed by atoms with Crippen LogP contribution in [0.1, 0.15) is 44.0 Å². The van der Waals surface area contributed by atoms with Gasteiger partial charge in [-0.15, -0.1) is 0 Å². The molecular weight excluding hydrogens is 320 g/mol. The third-order valence-electron chi connectivity index (χ3n) is 4.23. The summed E-state index contributed by atoms with van der Waals surface area (Å²) in [5.74, 6) is -0.856. The fraction of sp³-hybridized carbons (Fsp3) is 0.526. The van der Waals surface area contributed by atoms with Crippen LogP contribution in [-0.4, -0.2) is 42.4 Å². The van der Waals surface area contributed by atoms with E-state index in [1.165, 1.54) is 0 Å². The van der Waals surface area contributed by atoms with Gasteiger partial charge < -0.3 is 15.0 Å². The number of hydrogen-bond acceptors (Lipinski definition) is 4. The van der Waals surface area contributed by atoms with Crippen molar-refractivity contribution in [1.29, 1.82) is 0 Å². The first-order valence-corrected chi connectivity index (χ1v) is 8.79. The van der Waals surface area contributed by atoms with E-state index < -0.39 is 0 Å². The Hall–Kier alpha value is -2.37. The molecule has 136 valence electrons. The molecule has 1 aromatic carbocycles. The van der Waals surface area contributed by atoms with E-state index in [1.54, 1.807) is 36.1 Å². The Bertz CT molecular complexity index is 642. The van der Waals surface area contributed by atoms with Crippen molar-refractivity contribution in [3.05, 3.63) is 29.8 Å². The van der Waals surface area contributed by atoms with Crippen LogP contribution in [-0.2, 0) is 14.3 Å². The number of carbonyl (C=O) groups is 3. The van der Waals surface area contributed by atoms with Gasteiger partial charge >= 0.3 is 5.97 Å². The van der Waals surface area contributed by atoms with E-state index in [2.05, 4.69) is 5.32 Å². The zero-order valence-electron chi connectivity index (χ0n) is 15.1. The molecule has 1 aliphatic rings. The maximum absolute atomic E-state index is 12.8. The van der Waals surface area contributed by atoms with E-state index in [-0.39, 0.29) is 29.6 Å². The summed E-state index contributed by atoms with van der Waals surface area (Å²) in [7, 11) is 0. The second kappa shape index (κ2) is 8.65. The average Bonchev–Trinajstić information content (AvgIpc) is 2.61. The van der Waals surface area contributed by atoms with Crippen LogP contribution in [0.25, 0.3) is 0 Å².